The molecule has 1 aromatic carbocycles. The summed E-state index contributed by atoms with van der Waals surface area (Å²) in [6.07, 6.45) is 5.21. The first-order valence-corrected chi connectivity index (χ1v) is 11.9. The van der Waals surface area contributed by atoms with Gasteiger partial charge in [-0.05, 0) is 55.0 Å². The number of ether oxygens (including phenoxy) is 1. The first-order valence-electron chi connectivity index (χ1n) is 11.1. The maximum atomic E-state index is 13.2. The molecule has 11 heteroatoms. The second-order valence-electron chi connectivity index (χ2n) is 8.54. The summed E-state index contributed by atoms with van der Waals surface area (Å²) in [7, 11) is 1.32. The van der Waals surface area contributed by atoms with Crippen LogP contribution in [-0.2, 0) is 28.9 Å². The highest BCUT2D eigenvalue weighted by Gasteiger charge is 2.29. The number of carbonyl (C=O) groups is 2. The minimum atomic E-state index is -0.485. The number of hydrogen-bond donors (Lipinski definition) is 1. The molecule has 1 aliphatic rings. The summed E-state index contributed by atoms with van der Waals surface area (Å²) < 4.78 is 20.8. The molecule has 5 rings (SSSR count). The molecule has 0 spiro atoms. The first-order chi connectivity index (χ1) is 16.9. The number of benzene rings is 1. The molecule has 0 saturated carbocycles. The molecule has 1 atom stereocenters. The number of halogens is 1. The molecule has 1 unspecified atom stereocenters. The highest BCUT2D eigenvalue weighted by Crippen LogP contribution is 2.40. The van der Waals surface area contributed by atoms with Crippen molar-refractivity contribution in [1.82, 2.24) is 19.3 Å². The smallest absolute Gasteiger partial charge is 0.341 e. The number of rotatable bonds is 5. The predicted octanol–water partition coefficient (Wildman–Crippen LogP) is 3.33. The number of fused-ring (bicyclic) bond motifs is 2. The van der Waals surface area contributed by atoms with E-state index in [1.54, 1.807) is 0 Å². The Bertz CT molecular complexity index is 1500. The Balaban J connectivity index is 1.41. The van der Waals surface area contributed by atoms with Gasteiger partial charge in [-0.2, -0.15) is 5.10 Å². The summed E-state index contributed by atoms with van der Waals surface area (Å²) >= 11 is 1.38. The molecule has 0 saturated heterocycles. The molecule has 3 heterocycles. The van der Waals surface area contributed by atoms with E-state index in [9.17, 15) is 18.8 Å². The van der Waals surface area contributed by atoms with Gasteiger partial charge in [0.15, 0.2) is 5.65 Å². The van der Waals surface area contributed by atoms with Gasteiger partial charge in [0.05, 0.1) is 24.6 Å². The van der Waals surface area contributed by atoms with Crippen LogP contribution in [0.4, 0.5) is 9.39 Å². The lowest BCUT2D eigenvalue weighted by Crippen LogP contribution is -2.28. The topological polar surface area (TPSA) is 108 Å². The Kier molecular flexibility index (Phi) is 5.93. The Morgan fingerprint density at radius 1 is 1.29 bits per heavy atom. The Hall–Kier alpha value is -3.86. The maximum absolute atomic E-state index is 13.2. The fourth-order valence-electron chi connectivity index (χ4n) is 4.31. The SMILES string of the molecule is COC(=O)c1c(NC(=O)Cn2cnc3c(cnn3-c3ccc(F)cc3)c2=O)sc2c1CCC(C)C2. The zero-order chi connectivity index (χ0) is 24.7. The summed E-state index contributed by atoms with van der Waals surface area (Å²) in [6, 6.07) is 5.64. The molecule has 3 aromatic heterocycles. The lowest BCUT2D eigenvalue weighted by atomic mass is 9.88. The third-order valence-electron chi connectivity index (χ3n) is 6.09. The van der Waals surface area contributed by atoms with Gasteiger partial charge in [-0.25, -0.2) is 18.9 Å². The molecule has 1 N–H and O–H groups in total. The quantitative estimate of drug-likeness (QED) is 0.426. The van der Waals surface area contributed by atoms with Crippen molar-refractivity contribution < 1.29 is 18.7 Å². The standard InChI is InChI=1S/C24H22FN5O4S/c1-13-3-8-16-18(9-13)35-22(20(16)24(33)34-2)28-19(31)11-29-12-26-21-17(23(29)32)10-27-30(21)15-6-4-14(25)5-7-15/h4-7,10,12-13H,3,8-9,11H2,1-2H3,(H,28,31). The van der Waals surface area contributed by atoms with E-state index in [-0.39, 0.29) is 17.7 Å². The molecule has 0 radical (unpaired) electrons. The number of hydrogen-bond acceptors (Lipinski definition) is 7. The zero-order valence-corrected chi connectivity index (χ0v) is 19.9. The van der Waals surface area contributed by atoms with Crippen molar-refractivity contribution in [1.29, 1.82) is 0 Å². The van der Waals surface area contributed by atoms with E-state index in [1.807, 2.05) is 0 Å². The normalized spacial score (nSPS) is 15.1. The summed E-state index contributed by atoms with van der Waals surface area (Å²) in [4.78, 5) is 43.7. The van der Waals surface area contributed by atoms with E-state index in [2.05, 4.69) is 22.3 Å². The molecule has 35 heavy (non-hydrogen) atoms. The molecule has 1 amide bonds. The Morgan fingerprint density at radius 3 is 2.80 bits per heavy atom. The number of methoxy groups -OCH3 is 1. The van der Waals surface area contributed by atoms with E-state index >= 15 is 0 Å². The molecule has 0 bridgehead atoms. The van der Waals surface area contributed by atoms with Crippen LogP contribution in [0.2, 0.25) is 0 Å². The van der Waals surface area contributed by atoms with Crippen LogP contribution in [0.15, 0.2) is 41.6 Å². The van der Waals surface area contributed by atoms with Crippen LogP contribution in [0, 0.1) is 11.7 Å². The largest absolute Gasteiger partial charge is 0.465 e. The summed E-state index contributed by atoms with van der Waals surface area (Å²) in [5.74, 6) is -0.831. The Morgan fingerprint density at radius 2 is 2.06 bits per heavy atom. The van der Waals surface area contributed by atoms with E-state index in [0.29, 0.717) is 27.8 Å². The molecule has 1 aliphatic carbocycles. The van der Waals surface area contributed by atoms with Crippen molar-refractivity contribution in [2.75, 3.05) is 12.4 Å². The van der Waals surface area contributed by atoms with Crippen LogP contribution in [0.1, 0.15) is 34.1 Å². The average molecular weight is 496 g/mol. The fourth-order valence-corrected chi connectivity index (χ4v) is 5.73. The monoisotopic (exact) mass is 495 g/mol. The molecule has 9 nitrogen and oxygen atoms in total. The summed E-state index contributed by atoms with van der Waals surface area (Å²) in [6.45, 7) is 1.87. The van der Waals surface area contributed by atoms with Crippen molar-refractivity contribution in [3.05, 3.63) is 69.0 Å². The second-order valence-corrected chi connectivity index (χ2v) is 9.65. The van der Waals surface area contributed by atoms with Crippen LogP contribution in [0.25, 0.3) is 16.7 Å². The minimum absolute atomic E-state index is 0.223. The second kappa shape index (κ2) is 9.06. The number of esters is 1. The van der Waals surface area contributed by atoms with E-state index < -0.39 is 17.4 Å². The van der Waals surface area contributed by atoms with Gasteiger partial charge in [-0.15, -0.1) is 11.3 Å². The number of amides is 1. The van der Waals surface area contributed by atoms with Crippen LogP contribution >= 0.6 is 11.3 Å². The van der Waals surface area contributed by atoms with Crippen LogP contribution < -0.4 is 10.9 Å². The van der Waals surface area contributed by atoms with Gasteiger partial charge >= 0.3 is 5.97 Å². The average Bonchev–Trinajstić information content (AvgIpc) is 3.42. The van der Waals surface area contributed by atoms with Crippen molar-refractivity contribution in [2.24, 2.45) is 5.92 Å². The third-order valence-corrected chi connectivity index (χ3v) is 7.26. The molecular formula is C24H22FN5O4S. The first kappa shape index (κ1) is 22.9. The number of thiophene rings is 1. The highest BCUT2D eigenvalue weighted by atomic mass is 32.1. The van der Waals surface area contributed by atoms with Crippen molar-refractivity contribution in [3.63, 3.8) is 0 Å². The number of nitrogens with zero attached hydrogens (tertiary/aromatic N) is 4. The molecule has 4 aromatic rings. The fraction of sp³-hybridized carbons (Fsp3) is 0.292. The predicted molar refractivity (Wildman–Crippen MR) is 129 cm³/mol. The van der Waals surface area contributed by atoms with Crippen LogP contribution in [-0.4, -0.2) is 38.3 Å². The van der Waals surface area contributed by atoms with E-state index in [4.69, 9.17) is 4.74 Å². The van der Waals surface area contributed by atoms with Crippen LogP contribution in [0.5, 0.6) is 0 Å². The molecule has 0 fully saturated rings. The van der Waals surface area contributed by atoms with Gasteiger partial charge in [-0.3, -0.25) is 14.2 Å². The van der Waals surface area contributed by atoms with Gasteiger partial charge in [0.25, 0.3) is 5.56 Å². The third kappa shape index (κ3) is 4.23. The van der Waals surface area contributed by atoms with Gasteiger partial charge in [0, 0.05) is 4.88 Å². The number of nitrogens with one attached hydrogen (secondary N) is 1. The van der Waals surface area contributed by atoms with Gasteiger partial charge in [-0.1, -0.05) is 6.92 Å². The lowest BCUT2D eigenvalue weighted by molar-refractivity contribution is -0.116. The lowest BCUT2D eigenvalue weighted by Gasteiger charge is -2.18. The van der Waals surface area contributed by atoms with Crippen LogP contribution in [0.3, 0.4) is 0 Å². The minimum Gasteiger partial charge on any atom is -0.465 e. The van der Waals surface area contributed by atoms with Gasteiger partial charge in [0.1, 0.15) is 29.1 Å². The number of aromatic nitrogens is 4. The maximum Gasteiger partial charge on any atom is 0.341 e. The van der Waals surface area contributed by atoms with Crippen molar-refractivity contribution >= 4 is 39.2 Å². The van der Waals surface area contributed by atoms with E-state index in [1.165, 1.54) is 64.5 Å². The molecule has 0 aliphatic heterocycles. The number of carbonyl (C=O) groups excluding carboxylic acids is 2. The van der Waals surface area contributed by atoms with Gasteiger partial charge < -0.3 is 10.1 Å². The highest BCUT2D eigenvalue weighted by molar-refractivity contribution is 7.17. The number of anilines is 1. The van der Waals surface area contributed by atoms with Crippen molar-refractivity contribution in [2.45, 2.75) is 32.7 Å². The van der Waals surface area contributed by atoms with Gasteiger partial charge in [0.2, 0.25) is 5.91 Å². The van der Waals surface area contributed by atoms with E-state index in [0.717, 1.165) is 29.7 Å². The zero-order valence-electron chi connectivity index (χ0n) is 19.1. The molecule has 180 valence electrons. The Labute approximate surface area is 203 Å². The summed E-state index contributed by atoms with van der Waals surface area (Å²) in [5.41, 5.74) is 1.74. The van der Waals surface area contributed by atoms with Crippen molar-refractivity contribution in [3.8, 4) is 5.69 Å². The summed E-state index contributed by atoms with van der Waals surface area (Å²) in [5, 5.41) is 7.65. The molecular weight excluding hydrogens is 473 g/mol.